The zero-order valence-electron chi connectivity index (χ0n) is 10.7. The third-order valence-electron chi connectivity index (χ3n) is 3.91. The van der Waals surface area contributed by atoms with Crippen LogP contribution in [0.2, 0.25) is 0 Å². The molecule has 0 saturated carbocycles. The van der Waals surface area contributed by atoms with Gasteiger partial charge in [0.15, 0.2) is 0 Å². The van der Waals surface area contributed by atoms with Crippen molar-refractivity contribution < 1.29 is 0 Å². The van der Waals surface area contributed by atoms with Gasteiger partial charge in [-0.2, -0.15) is 0 Å². The minimum atomic E-state index is 0.0360. The van der Waals surface area contributed by atoms with Crippen LogP contribution < -0.4 is 5.56 Å². The Morgan fingerprint density at radius 3 is 3.06 bits per heavy atom. The fourth-order valence-electron chi connectivity index (χ4n) is 2.95. The zero-order chi connectivity index (χ0) is 12.5. The topological polar surface area (TPSA) is 40.5 Å². The molecule has 1 unspecified atom stereocenters. The van der Waals surface area contributed by atoms with Gasteiger partial charge in [-0.25, -0.2) is 0 Å². The molecule has 4 heteroatoms. The van der Waals surface area contributed by atoms with E-state index in [1.165, 1.54) is 25.0 Å². The summed E-state index contributed by atoms with van der Waals surface area (Å²) in [5.74, 6) is 0. The number of hydrogen-bond acceptors (Lipinski definition) is 2. The van der Waals surface area contributed by atoms with Gasteiger partial charge in [0.2, 0.25) is 0 Å². The molecule has 3 rings (SSSR count). The van der Waals surface area contributed by atoms with Crippen LogP contribution in [-0.4, -0.2) is 27.4 Å². The van der Waals surface area contributed by atoms with E-state index in [0.29, 0.717) is 6.04 Å². The Labute approximate surface area is 106 Å². The predicted octanol–water partition coefficient (Wildman–Crippen LogP) is 2.17. The van der Waals surface area contributed by atoms with Gasteiger partial charge in [0, 0.05) is 12.3 Å². The van der Waals surface area contributed by atoms with Crippen LogP contribution in [-0.2, 0) is 0 Å². The summed E-state index contributed by atoms with van der Waals surface area (Å²) in [6.07, 6.45) is 5.70. The van der Waals surface area contributed by atoms with Gasteiger partial charge in [-0.05, 0) is 32.0 Å². The van der Waals surface area contributed by atoms with E-state index in [1.807, 2.05) is 12.3 Å². The largest absolute Gasteiger partial charge is 0.342 e. The number of hydrogen-bond donors (Lipinski definition) is 1. The van der Waals surface area contributed by atoms with Crippen LogP contribution in [0.5, 0.6) is 0 Å². The van der Waals surface area contributed by atoms with Crippen LogP contribution in [0.3, 0.4) is 0 Å². The molecule has 1 aliphatic heterocycles. The molecule has 1 atom stereocenters. The van der Waals surface area contributed by atoms with Crippen molar-refractivity contribution in [1.82, 2.24) is 14.3 Å². The maximum absolute atomic E-state index is 11.8. The SMILES string of the molecule is CCN1CCCCC1c1cn2c(=O)cccc2[nH]1. The van der Waals surface area contributed by atoms with E-state index in [-0.39, 0.29) is 5.56 Å². The molecule has 2 aromatic heterocycles. The fraction of sp³-hybridized carbons (Fsp3) is 0.500. The summed E-state index contributed by atoms with van der Waals surface area (Å²) in [7, 11) is 0. The Kier molecular flexibility index (Phi) is 2.96. The van der Waals surface area contributed by atoms with Crippen molar-refractivity contribution in [2.45, 2.75) is 32.2 Å². The number of aromatic amines is 1. The average Bonchev–Trinajstić information content (AvgIpc) is 2.84. The monoisotopic (exact) mass is 245 g/mol. The van der Waals surface area contributed by atoms with Crippen molar-refractivity contribution in [3.05, 3.63) is 40.4 Å². The van der Waals surface area contributed by atoms with Crippen LogP contribution in [0, 0.1) is 0 Å². The molecule has 0 amide bonds. The lowest BCUT2D eigenvalue weighted by atomic mass is 10.00. The Bertz CT molecular complexity index is 598. The van der Waals surface area contributed by atoms with E-state index in [0.717, 1.165) is 18.7 Å². The molecular weight excluding hydrogens is 226 g/mol. The zero-order valence-corrected chi connectivity index (χ0v) is 10.7. The van der Waals surface area contributed by atoms with Gasteiger partial charge >= 0.3 is 0 Å². The van der Waals surface area contributed by atoms with Crippen molar-refractivity contribution in [1.29, 1.82) is 0 Å². The molecule has 1 aliphatic rings. The Balaban J connectivity index is 2.03. The molecule has 3 heterocycles. The summed E-state index contributed by atoms with van der Waals surface area (Å²) in [6.45, 7) is 4.42. The van der Waals surface area contributed by atoms with Gasteiger partial charge in [0.25, 0.3) is 5.56 Å². The normalized spacial score (nSPS) is 21.5. The standard InChI is InChI=1S/C14H19N3O/c1-2-16-9-4-3-6-12(16)11-10-17-13(15-11)7-5-8-14(17)18/h5,7-8,10,12,15H,2-4,6,9H2,1H3. The number of likely N-dealkylation sites (tertiary alicyclic amines) is 1. The predicted molar refractivity (Wildman–Crippen MR) is 71.9 cm³/mol. The summed E-state index contributed by atoms with van der Waals surface area (Å²) >= 11 is 0. The van der Waals surface area contributed by atoms with Crippen LogP contribution in [0.15, 0.2) is 29.2 Å². The van der Waals surface area contributed by atoms with Gasteiger partial charge in [-0.1, -0.05) is 19.4 Å². The first-order valence-corrected chi connectivity index (χ1v) is 6.74. The smallest absolute Gasteiger partial charge is 0.256 e. The number of piperidine rings is 1. The highest BCUT2D eigenvalue weighted by molar-refractivity contribution is 5.40. The fourth-order valence-corrected chi connectivity index (χ4v) is 2.95. The van der Waals surface area contributed by atoms with E-state index < -0.39 is 0 Å². The molecule has 0 radical (unpaired) electrons. The van der Waals surface area contributed by atoms with Crippen LogP contribution in [0.4, 0.5) is 0 Å². The number of nitrogens with zero attached hydrogens (tertiary/aromatic N) is 2. The van der Waals surface area contributed by atoms with Crippen molar-refractivity contribution in [3.8, 4) is 0 Å². The minimum Gasteiger partial charge on any atom is -0.342 e. The Morgan fingerprint density at radius 1 is 1.39 bits per heavy atom. The first-order valence-electron chi connectivity index (χ1n) is 6.74. The molecule has 0 aliphatic carbocycles. The van der Waals surface area contributed by atoms with Gasteiger partial charge in [-0.3, -0.25) is 14.1 Å². The second-order valence-corrected chi connectivity index (χ2v) is 4.97. The second kappa shape index (κ2) is 4.61. The number of aromatic nitrogens is 2. The molecule has 4 nitrogen and oxygen atoms in total. The number of imidazole rings is 1. The number of H-pyrrole nitrogens is 1. The van der Waals surface area contributed by atoms with E-state index in [1.54, 1.807) is 16.5 Å². The lowest BCUT2D eigenvalue weighted by molar-refractivity contribution is 0.154. The molecule has 1 saturated heterocycles. The summed E-state index contributed by atoms with van der Waals surface area (Å²) in [5.41, 5.74) is 2.09. The third kappa shape index (κ3) is 1.86. The molecule has 0 aromatic carbocycles. The Hall–Kier alpha value is -1.55. The first-order chi connectivity index (χ1) is 8.79. The maximum atomic E-state index is 11.8. The molecule has 18 heavy (non-hydrogen) atoms. The van der Waals surface area contributed by atoms with E-state index in [4.69, 9.17) is 0 Å². The third-order valence-corrected chi connectivity index (χ3v) is 3.91. The molecule has 1 fully saturated rings. The Morgan fingerprint density at radius 2 is 2.28 bits per heavy atom. The first kappa shape index (κ1) is 11.5. The molecule has 2 aromatic rings. The highest BCUT2D eigenvalue weighted by atomic mass is 16.1. The highest BCUT2D eigenvalue weighted by Crippen LogP contribution is 2.29. The van der Waals surface area contributed by atoms with Crippen molar-refractivity contribution in [3.63, 3.8) is 0 Å². The minimum absolute atomic E-state index is 0.0360. The summed E-state index contributed by atoms with van der Waals surface area (Å²) in [6, 6.07) is 5.78. The van der Waals surface area contributed by atoms with Gasteiger partial charge in [-0.15, -0.1) is 0 Å². The lowest BCUT2D eigenvalue weighted by Gasteiger charge is -2.34. The summed E-state index contributed by atoms with van der Waals surface area (Å²) < 4.78 is 1.71. The van der Waals surface area contributed by atoms with Crippen molar-refractivity contribution in [2.24, 2.45) is 0 Å². The quantitative estimate of drug-likeness (QED) is 0.881. The highest BCUT2D eigenvalue weighted by Gasteiger charge is 2.24. The number of pyridine rings is 1. The number of rotatable bonds is 2. The molecule has 0 bridgehead atoms. The summed E-state index contributed by atoms with van der Waals surface area (Å²) in [4.78, 5) is 17.6. The number of fused-ring (bicyclic) bond motifs is 1. The second-order valence-electron chi connectivity index (χ2n) is 4.97. The van der Waals surface area contributed by atoms with Crippen molar-refractivity contribution in [2.75, 3.05) is 13.1 Å². The van der Waals surface area contributed by atoms with Gasteiger partial charge in [0.1, 0.15) is 5.65 Å². The molecular formula is C14H19N3O. The van der Waals surface area contributed by atoms with Gasteiger partial charge < -0.3 is 4.98 Å². The molecule has 1 N–H and O–H groups in total. The van der Waals surface area contributed by atoms with E-state index in [2.05, 4.69) is 16.8 Å². The van der Waals surface area contributed by atoms with Crippen LogP contribution in [0.25, 0.3) is 5.65 Å². The molecule has 96 valence electrons. The maximum Gasteiger partial charge on any atom is 0.256 e. The van der Waals surface area contributed by atoms with E-state index in [9.17, 15) is 4.79 Å². The van der Waals surface area contributed by atoms with Crippen LogP contribution >= 0.6 is 0 Å². The van der Waals surface area contributed by atoms with Gasteiger partial charge in [0.05, 0.1) is 11.7 Å². The van der Waals surface area contributed by atoms with E-state index >= 15 is 0 Å². The molecule has 0 spiro atoms. The average molecular weight is 245 g/mol. The van der Waals surface area contributed by atoms with Crippen LogP contribution in [0.1, 0.15) is 37.9 Å². The summed E-state index contributed by atoms with van der Waals surface area (Å²) in [5, 5.41) is 0. The van der Waals surface area contributed by atoms with Crippen molar-refractivity contribution >= 4 is 5.65 Å². The number of nitrogens with one attached hydrogen (secondary N) is 1. The lowest BCUT2D eigenvalue weighted by Crippen LogP contribution is -2.33.